The molecule has 4 N–H and O–H groups in total. The molecule has 0 bridgehead atoms. The summed E-state index contributed by atoms with van der Waals surface area (Å²) in [6, 6.07) is 6.18. The van der Waals surface area contributed by atoms with Gasteiger partial charge in [-0.25, -0.2) is 9.97 Å². The number of aliphatic hydroxyl groups is 2. The van der Waals surface area contributed by atoms with Crippen molar-refractivity contribution in [3.63, 3.8) is 0 Å². The SMILES string of the molecule is CC(=O)N1c2ccc(C(=O)NCC(C)O)cc2[C@H](Nc2ncccn2)[C@@H](C)[C@@H]1O. The number of fused-ring (bicyclic) bond motifs is 1. The van der Waals surface area contributed by atoms with Gasteiger partial charge in [-0.2, -0.15) is 0 Å². The third-order valence-electron chi connectivity index (χ3n) is 4.89. The number of rotatable bonds is 5. The number of anilines is 2. The second kappa shape index (κ2) is 8.54. The maximum atomic E-state index is 12.5. The normalized spacial score (nSPS) is 21.8. The van der Waals surface area contributed by atoms with E-state index in [1.54, 1.807) is 43.6 Å². The van der Waals surface area contributed by atoms with Crippen molar-refractivity contribution in [2.45, 2.75) is 39.1 Å². The monoisotopic (exact) mass is 399 g/mol. The molecule has 2 aromatic rings. The third kappa shape index (κ3) is 4.36. The molecule has 0 aliphatic carbocycles. The lowest BCUT2D eigenvalue weighted by atomic mass is 9.85. The van der Waals surface area contributed by atoms with E-state index in [0.717, 1.165) is 0 Å². The van der Waals surface area contributed by atoms with Crippen LogP contribution in [0.25, 0.3) is 0 Å². The van der Waals surface area contributed by atoms with Gasteiger partial charge in [-0.1, -0.05) is 6.92 Å². The molecular weight excluding hydrogens is 374 g/mol. The van der Waals surface area contributed by atoms with Crippen LogP contribution in [0.4, 0.5) is 11.6 Å². The summed E-state index contributed by atoms with van der Waals surface area (Å²) in [6.45, 7) is 4.91. The molecule has 1 aromatic carbocycles. The number of benzene rings is 1. The Hall–Kier alpha value is -3.04. The number of hydrogen-bond donors (Lipinski definition) is 4. The van der Waals surface area contributed by atoms with Crippen LogP contribution in [0.15, 0.2) is 36.7 Å². The Morgan fingerprint density at radius 1 is 1.28 bits per heavy atom. The molecule has 2 heterocycles. The lowest BCUT2D eigenvalue weighted by Crippen LogP contribution is -2.50. The van der Waals surface area contributed by atoms with Gasteiger partial charge in [-0.05, 0) is 36.8 Å². The average Bonchev–Trinajstić information content (AvgIpc) is 2.70. The maximum absolute atomic E-state index is 12.5. The van der Waals surface area contributed by atoms with Crippen LogP contribution < -0.4 is 15.5 Å². The first kappa shape index (κ1) is 20.7. The molecule has 3 rings (SSSR count). The second-order valence-corrected chi connectivity index (χ2v) is 7.19. The number of carbonyl (C=O) groups excluding carboxylic acids is 2. The van der Waals surface area contributed by atoms with Crippen molar-refractivity contribution in [3.8, 4) is 0 Å². The molecule has 0 saturated heterocycles. The number of aromatic nitrogens is 2. The van der Waals surface area contributed by atoms with Gasteiger partial charge in [0.2, 0.25) is 11.9 Å². The standard InChI is InChI=1S/C20H25N5O4/c1-11(26)10-23-18(28)14-5-6-16-15(9-14)17(24-20-21-7-4-8-22-20)12(2)19(29)25(16)13(3)27/h4-9,11-12,17,19,26,29H,10H2,1-3H3,(H,23,28)(H,21,22,24)/t11?,12-,17-,19+/m1/s1. The lowest BCUT2D eigenvalue weighted by Gasteiger charge is -2.42. The van der Waals surface area contributed by atoms with Gasteiger partial charge >= 0.3 is 0 Å². The minimum absolute atomic E-state index is 0.129. The molecule has 4 atom stereocenters. The second-order valence-electron chi connectivity index (χ2n) is 7.19. The largest absolute Gasteiger partial charge is 0.392 e. The van der Waals surface area contributed by atoms with Gasteiger partial charge in [0.05, 0.1) is 17.8 Å². The average molecular weight is 399 g/mol. The topological polar surface area (TPSA) is 128 Å². The molecule has 1 aromatic heterocycles. The summed E-state index contributed by atoms with van der Waals surface area (Å²) < 4.78 is 0. The summed E-state index contributed by atoms with van der Waals surface area (Å²) in [5, 5.41) is 26.0. The fraction of sp³-hybridized carbons (Fsp3) is 0.400. The predicted octanol–water partition coefficient (Wildman–Crippen LogP) is 1.06. The van der Waals surface area contributed by atoms with Crippen LogP contribution in [-0.2, 0) is 4.79 Å². The van der Waals surface area contributed by atoms with Crippen molar-refractivity contribution in [2.75, 3.05) is 16.8 Å². The molecule has 1 unspecified atom stereocenters. The Morgan fingerprint density at radius 2 is 1.97 bits per heavy atom. The highest BCUT2D eigenvalue weighted by atomic mass is 16.3. The fourth-order valence-corrected chi connectivity index (χ4v) is 3.42. The van der Waals surface area contributed by atoms with Gasteiger partial charge in [0.25, 0.3) is 5.91 Å². The zero-order valence-corrected chi connectivity index (χ0v) is 16.5. The third-order valence-corrected chi connectivity index (χ3v) is 4.89. The quantitative estimate of drug-likeness (QED) is 0.592. The minimum Gasteiger partial charge on any atom is -0.392 e. The summed E-state index contributed by atoms with van der Waals surface area (Å²) in [4.78, 5) is 34.3. The molecule has 2 amide bonds. The summed E-state index contributed by atoms with van der Waals surface area (Å²) in [5.41, 5.74) is 1.58. The van der Waals surface area contributed by atoms with E-state index in [1.165, 1.54) is 11.8 Å². The molecule has 1 aliphatic heterocycles. The first-order chi connectivity index (χ1) is 13.8. The fourth-order valence-electron chi connectivity index (χ4n) is 3.42. The Morgan fingerprint density at radius 3 is 2.59 bits per heavy atom. The van der Waals surface area contributed by atoms with Crippen molar-refractivity contribution in [3.05, 3.63) is 47.8 Å². The van der Waals surface area contributed by atoms with Crippen LogP contribution in [0.5, 0.6) is 0 Å². The van der Waals surface area contributed by atoms with Crippen molar-refractivity contribution in [2.24, 2.45) is 5.92 Å². The summed E-state index contributed by atoms with van der Waals surface area (Å²) >= 11 is 0. The Labute approximate surface area is 168 Å². The van der Waals surface area contributed by atoms with Crippen LogP contribution in [0.2, 0.25) is 0 Å². The molecule has 1 aliphatic rings. The van der Waals surface area contributed by atoms with Crippen molar-refractivity contribution < 1.29 is 19.8 Å². The zero-order valence-electron chi connectivity index (χ0n) is 16.5. The number of nitrogens with one attached hydrogen (secondary N) is 2. The maximum Gasteiger partial charge on any atom is 0.251 e. The smallest absolute Gasteiger partial charge is 0.251 e. The molecule has 29 heavy (non-hydrogen) atoms. The summed E-state index contributed by atoms with van der Waals surface area (Å²) in [5.74, 6) is -0.656. The highest BCUT2D eigenvalue weighted by molar-refractivity contribution is 5.97. The highest BCUT2D eigenvalue weighted by Gasteiger charge is 2.40. The minimum atomic E-state index is -1.05. The molecule has 0 fully saturated rings. The van der Waals surface area contributed by atoms with Crippen molar-refractivity contribution in [1.29, 1.82) is 0 Å². The van der Waals surface area contributed by atoms with Gasteiger partial charge in [0, 0.05) is 37.3 Å². The number of aliphatic hydroxyl groups excluding tert-OH is 2. The van der Waals surface area contributed by atoms with Crippen LogP contribution in [0, 0.1) is 5.92 Å². The van der Waals surface area contributed by atoms with Gasteiger partial charge < -0.3 is 20.8 Å². The number of hydrogen-bond acceptors (Lipinski definition) is 7. The van der Waals surface area contributed by atoms with E-state index in [9.17, 15) is 19.8 Å². The Balaban J connectivity index is 2.02. The first-order valence-electron chi connectivity index (χ1n) is 9.41. The molecule has 0 spiro atoms. The van der Waals surface area contributed by atoms with E-state index < -0.39 is 24.3 Å². The molecule has 9 heteroatoms. The van der Waals surface area contributed by atoms with Crippen LogP contribution in [0.3, 0.4) is 0 Å². The van der Waals surface area contributed by atoms with Gasteiger partial charge in [0.15, 0.2) is 0 Å². The van der Waals surface area contributed by atoms with Crippen LogP contribution in [0.1, 0.15) is 42.7 Å². The summed E-state index contributed by atoms with van der Waals surface area (Å²) in [7, 11) is 0. The highest BCUT2D eigenvalue weighted by Crippen LogP contribution is 2.41. The number of carbonyl (C=O) groups is 2. The zero-order chi connectivity index (χ0) is 21.1. The number of nitrogens with zero attached hydrogens (tertiary/aromatic N) is 3. The first-order valence-corrected chi connectivity index (χ1v) is 9.41. The van der Waals surface area contributed by atoms with E-state index in [2.05, 4.69) is 20.6 Å². The van der Waals surface area contributed by atoms with Crippen LogP contribution >= 0.6 is 0 Å². The Kier molecular flexibility index (Phi) is 6.09. The van der Waals surface area contributed by atoms with E-state index in [-0.39, 0.29) is 18.4 Å². The lowest BCUT2D eigenvalue weighted by molar-refractivity contribution is -0.119. The molecule has 0 radical (unpaired) electrons. The number of amides is 2. The van der Waals surface area contributed by atoms with Crippen molar-refractivity contribution in [1.82, 2.24) is 15.3 Å². The van der Waals surface area contributed by atoms with E-state index in [1.807, 2.05) is 6.92 Å². The van der Waals surface area contributed by atoms with Gasteiger partial charge in [0.1, 0.15) is 6.23 Å². The Bertz CT molecular complexity index is 890. The van der Waals surface area contributed by atoms with E-state index in [4.69, 9.17) is 0 Å². The van der Waals surface area contributed by atoms with Gasteiger partial charge in [-0.3, -0.25) is 14.5 Å². The molecule has 154 valence electrons. The molecule has 9 nitrogen and oxygen atoms in total. The summed E-state index contributed by atoms with van der Waals surface area (Å²) in [6.07, 6.45) is 1.49. The molecular formula is C20H25N5O4. The van der Waals surface area contributed by atoms with Crippen molar-refractivity contribution >= 4 is 23.5 Å². The van der Waals surface area contributed by atoms with Gasteiger partial charge in [-0.15, -0.1) is 0 Å². The molecule has 0 saturated carbocycles. The van der Waals surface area contributed by atoms with Crippen LogP contribution in [-0.4, -0.2) is 50.9 Å². The van der Waals surface area contributed by atoms with E-state index in [0.29, 0.717) is 22.8 Å². The predicted molar refractivity (Wildman–Crippen MR) is 107 cm³/mol. The van der Waals surface area contributed by atoms with E-state index >= 15 is 0 Å².